The lowest BCUT2D eigenvalue weighted by molar-refractivity contribution is 0.102. The SMILES string of the molecule is COc1ccc(NC(=O)c2c(N)sc3c2CCC(C)C3)cc1. The van der Waals surface area contributed by atoms with E-state index in [1.165, 1.54) is 4.88 Å². The number of nitrogens with two attached hydrogens (primary N) is 1. The van der Waals surface area contributed by atoms with E-state index in [2.05, 4.69) is 12.2 Å². The highest BCUT2D eigenvalue weighted by atomic mass is 32.1. The minimum Gasteiger partial charge on any atom is -0.497 e. The highest BCUT2D eigenvalue weighted by molar-refractivity contribution is 7.16. The molecule has 0 saturated heterocycles. The van der Waals surface area contributed by atoms with Gasteiger partial charge in [0.05, 0.1) is 17.7 Å². The van der Waals surface area contributed by atoms with Crippen LogP contribution in [0.4, 0.5) is 10.7 Å². The number of thiophene rings is 1. The molecule has 1 aromatic heterocycles. The van der Waals surface area contributed by atoms with Crippen LogP contribution in [0.25, 0.3) is 0 Å². The number of carbonyl (C=O) groups is 1. The van der Waals surface area contributed by atoms with E-state index in [4.69, 9.17) is 10.5 Å². The number of ether oxygens (including phenoxy) is 1. The van der Waals surface area contributed by atoms with E-state index in [0.29, 0.717) is 16.5 Å². The number of methoxy groups -OCH3 is 1. The molecule has 1 heterocycles. The van der Waals surface area contributed by atoms with Gasteiger partial charge in [-0.1, -0.05) is 6.92 Å². The lowest BCUT2D eigenvalue weighted by Crippen LogP contribution is -2.17. The number of carbonyl (C=O) groups excluding carboxylic acids is 1. The number of anilines is 2. The van der Waals surface area contributed by atoms with Crippen molar-refractivity contribution in [2.24, 2.45) is 5.92 Å². The van der Waals surface area contributed by atoms with Crippen molar-refractivity contribution in [2.45, 2.75) is 26.2 Å². The second-order valence-electron chi connectivity index (χ2n) is 5.77. The van der Waals surface area contributed by atoms with Crippen molar-refractivity contribution < 1.29 is 9.53 Å². The van der Waals surface area contributed by atoms with Crippen molar-refractivity contribution in [1.29, 1.82) is 0 Å². The number of nitrogens with one attached hydrogen (secondary N) is 1. The molecule has 1 atom stereocenters. The molecule has 5 heteroatoms. The molecular formula is C17H20N2O2S. The Kier molecular flexibility index (Phi) is 4.07. The van der Waals surface area contributed by atoms with Crippen molar-refractivity contribution in [3.05, 3.63) is 40.3 Å². The molecule has 3 N–H and O–H groups in total. The van der Waals surface area contributed by atoms with Crippen LogP contribution in [0.2, 0.25) is 0 Å². The van der Waals surface area contributed by atoms with Crippen LogP contribution in [0.15, 0.2) is 24.3 Å². The van der Waals surface area contributed by atoms with E-state index in [1.54, 1.807) is 18.4 Å². The minimum atomic E-state index is -0.116. The van der Waals surface area contributed by atoms with Crippen molar-refractivity contribution in [2.75, 3.05) is 18.2 Å². The normalized spacial score (nSPS) is 16.9. The third kappa shape index (κ3) is 2.81. The smallest absolute Gasteiger partial charge is 0.258 e. The average molecular weight is 316 g/mol. The van der Waals surface area contributed by atoms with Gasteiger partial charge in [0.15, 0.2) is 0 Å². The summed E-state index contributed by atoms with van der Waals surface area (Å²) in [6.07, 6.45) is 3.08. The van der Waals surface area contributed by atoms with Gasteiger partial charge in [-0.15, -0.1) is 11.3 Å². The predicted octanol–water partition coefficient (Wildman–Crippen LogP) is 3.72. The molecule has 2 aromatic rings. The van der Waals surface area contributed by atoms with Crippen molar-refractivity contribution >= 4 is 27.9 Å². The molecule has 3 rings (SSSR count). The summed E-state index contributed by atoms with van der Waals surface area (Å²) in [4.78, 5) is 13.9. The third-order valence-electron chi connectivity index (χ3n) is 4.11. The highest BCUT2D eigenvalue weighted by Crippen LogP contribution is 2.38. The van der Waals surface area contributed by atoms with Crippen LogP contribution in [-0.2, 0) is 12.8 Å². The number of hydrogen-bond donors (Lipinski definition) is 2. The van der Waals surface area contributed by atoms with Gasteiger partial charge >= 0.3 is 0 Å². The van der Waals surface area contributed by atoms with Crippen LogP contribution in [0.3, 0.4) is 0 Å². The molecule has 22 heavy (non-hydrogen) atoms. The predicted molar refractivity (Wildman–Crippen MR) is 90.9 cm³/mol. The fourth-order valence-corrected chi connectivity index (χ4v) is 4.17. The van der Waals surface area contributed by atoms with Gasteiger partial charge < -0.3 is 15.8 Å². The van der Waals surface area contributed by atoms with Crippen molar-refractivity contribution in [3.8, 4) is 5.75 Å². The number of fused-ring (bicyclic) bond motifs is 1. The molecule has 1 aromatic carbocycles. The maximum absolute atomic E-state index is 12.6. The highest BCUT2D eigenvalue weighted by Gasteiger charge is 2.26. The molecule has 0 radical (unpaired) electrons. The fourth-order valence-electron chi connectivity index (χ4n) is 2.89. The fraction of sp³-hybridized carbons (Fsp3) is 0.353. The van der Waals surface area contributed by atoms with Crippen LogP contribution in [-0.4, -0.2) is 13.0 Å². The molecule has 0 aliphatic heterocycles. The largest absolute Gasteiger partial charge is 0.497 e. The maximum Gasteiger partial charge on any atom is 0.258 e. The molecule has 0 saturated carbocycles. The number of hydrogen-bond acceptors (Lipinski definition) is 4. The molecule has 0 spiro atoms. The zero-order valence-corrected chi connectivity index (χ0v) is 13.6. The van der Waals surface area contributed by atoms with E-state index >= 15 is 0 Å². The Morgan fingerprint density at radius 3 is 2.77 bits per heavy atom. The zero-order valence-electron chi connectivity index (χ0n) is 12.8. The quantitative estimate of drug-likeness (QED) is 0.907. The Hall–Kier alpha value is -2.01. The second kappa shape index (κ2) is 6.01. The molecule has 1 unspecified atom stereocenters. The first-order chi connectivity index (χ1) is 10.6. The van der Waals surface area contributed by atoms with Crippen LogP contribution in [0.1, 0.15) is 34.1 Å². The summed E-state index contributed by atoms with van der Waals surface area (Å²) in [7, 11) is 1.62. The summed E-state index contributed by atoms with van der Waals surface area (Å²) in [5.41, 5.74) is 8.66. The lowest BCUT2D eigenvalue weighted by atomic mass is 9.88. The van der Waals surface area contributed by atoms with Crippen LogP contribution in [0.5, 0.6) is 5.75 Å². The molecule has 0 fully saturated rings. The van der Waals surface area contributed by atoms with Gasteiger partial charge in [-0.05, 0) is 55.0 Å². The number of nitrogen functional groups attached to an aromatic ring is 1. The van der Waals surface area contributed by atoms with Gasteiger partial charge in [0.2, 0.25) is 0 Å². The molecule has 116 valence electrons. The van der Waals surface area contributed by atoms with E-state index < -0.39 is 0 Å². The summed E-state index contributed by atoms with van der Waals surface area (Å²) in [5.74, 6) is 1.32. The Bertz CT molecular complexity index is 691. The molecule has 1 aliphatic rings. The summed E-state index contributed by atoms with van der Waals surface area (Å²) in [5, 5.41) is 3.56. The van der Waals surface area contributed by atoms with Gasteiger partial charge in [0.1, 0.15) is 5.75 Å². The number of amides is 1. The Labute approximate surface area is 134 Å². The topological polar surface area (TPSA) is 64.3 Å². The van der Waals surface area contributed by atoms with Gasteiger partial charge in [-0.25, -0.2) is 0 Å². The molecular weight excluding hydrogens is 296 g/mol. The average Bonchev–Trinajstić information content (AvgIpc) is 2.83. The summed E-state index contributed by atoms with van der Waals surface area (Å²) < 4.78 is 5.12. The van der Waals surface area contributed by atoms with Gasteiger partial charge in [-0.2, -0.15) is 0 Å². The van der Waals surface area contributed by atoms with Gasteiger partial charge in [0, 0.05) is 10.6 Å². The summed E-state index contributed by atoms with van der Waals surface area (Å²) in [6, 6.07) is 7.30. The van der Waals surface area contributed by atoms with Crippen molar-refractivity contribution in [1.82, 2.24) is 0 Å². The first-order valence-corrected chi connectivity index (χ1v) is 8.25. The molecule has 1 aliphatic carbocycles. The molecule has 1 amide bonds. The van der Waals surface area contributed by atoms with E-state index in [1.807, 2.05) is 24.3 Å². The van der Waals surface area contributed by atoms with Crippen LogP contribution >= 0.6 is 11.3 Å². The van der Waals surface area contributed by atoms with Crippen molar-refractivity contribution in [3.63, 3.8) is 0 Å². The molecule has 4 nitrogen and oxygen atoms in total. The van der Waals surface area contributed by atoms with E-state index in [9.17, 15) is 4.79 Å². The van der Waals surface area contributed by atoms with E-state index in [-0.39, 0.29) is 5.91 Å². The first-order valence-electron chi connectivity index (χ1n) is 7.44. The van der Waals surface area contributed by atoms with Crippen LogP contribution < -0.4 is 15.8 Å². The summed E-state index contributed by atoms with van der Waals surface area (Å²) in [6.45, 7) is 2.25. The standard InChI is InChI=1S/C17H20N2O2S/c1-10-3-8-13-14(9-10)22-16(18)15(13)17(20)19-11-4-6-12(21-2)7-5-11/h4-7,10H,3,8-9,18H2,1-2H3,(H,19,20). The van der Waals surface area contributed by atoms with Gasteiger partial charge in [0.25, 0.3) is 5.91 Å². The Balaban J connectivity index is 1.83. The Morgan fingerprint density at radius 1 is 1.36 bits per heavy atom. The minimum absolute atomic E-state index is 0.116. The lowest BCUT2D eigenvalue weighted by Gasteiger charge is -2.18. The maximum atomic E-state index is 12.6. The third-order valence-corrected chi connectivity index (χ3v) is 5.20. The summed E-state index contributed by atoms with van der Waals surface area (Å²) >= 11 is 1.56. The second-order valence-corrected chi connectivity index (χ2v) is 6.91. The van der Waals surface area contributed by atoms with Gasteiger partial charge in [-0.3, -0.25) is 4.79 Å². The molecule has 0 bridgehead atoms. The Morgan fingerprint density at radius 2 is 2.09 bits per heavy atom. The number of benzene rings is 1. The van der Waals surface area contributed by atoms with Crippen LogP contribution in [0, 0.1) is 5.92 Å². The zero-order chi connectivity index (χ0) is 15.7. The van der Waals surface area contributed by atoms with E-state index in [0.717, 1.165) is 36.3 Å². The monoisotopic (exact) mass is 316 g/mol. The first kappa shape index (κ1) is 14.9. The number of rotatable bonds is 3.